The second-order valence-electron chi connectivity index (χ2n) is 2.49. The van der Waals surface area contributed by atoms with E-state index in [1.807, 2.05) is 0 Å². The number of carbonyl (C=O) groups excluding carboxylic acids is 3. The van der Waals surface area contributed by atoms with Crippen molar-refractivity contribution in [2.24, 2.45) is 0 Å². The summed E-state index contributed by atoms with van der Waals surface area (Å²) in [5, 5.41) is 38.9. The predicted octanol–water partition coefficient (Wildman–Crippen LogP) is -17.7. The first-order valence-electron chi connectivity index (χ1n) is 3.48. The smallest absolute Gasteiger partial charge is 0.772 e. The van der Waals surface area contributed by atoms with Crippen LogP contribution in [-0.4, -0.2) is 28.6 Å². The van der Waals surface area contributed by atoms with Crippen molar-refractivity contribution in [1.29, 1.82) is 0 Å². The fraction of sp³-hybridized carbons (Fsp3) is 0.500. The Morgan fingerprint density at radius 2 is 1.10 bits per heavy atom. The Morgan fingerprint density at radius 3 is 1.20 bits per heavy atom. The Kier molecular flexibility index (Phi) is 40.9. The molecule has 92 valence electrons. The minimum atomic E-state index is -2.97. The first-order valence-corrected chi connectivity index (χ1v) is 4.21. The quantitative estimate of drug-likeness (QED) is 0.374. The van der Waals surface area contributed by atoms with Crippen molar-refractivity contribution in [2.45, 2.75) is 18.4 Å². The van der Waals surface area contributed by atoms with Crippen LogP contribution in [0.3, 0.4) is 0 Å². The summed E-state index contributed by atoms with van der Waals surface area (Å²) >= 11 is 0. The molecule has 0 aromatic heterocycles. The van der Waals surface area contributed by atoms with Gasteiger partial charge in [-0.3, -0.25) is 4.57 Å². The van der Waals surface area contributed by atoms with Crippen LogP contribution in [0.5, 0.6) is 0 Å². The van der Waals surface area contributed by atoms with Gasteiger partial charge in [0.2, 0.25) is 0 Å². The molecule has 0 aliphatic rings. The second kappa shape index (κ2) is 21.4. The average Bonchev–Trinajstić information content (AvgIpc) is 2.01. The molecule has 0 aliphatic carbocycles. The third-order valence-electron chi connectivity index (χ3n) is 1.25. The molecule has 0 heterocycles. The fourth-order valence-electron chi connectivity index (χ4n) is 0.684. The molecule has 0 spiro atoms. The molecule has 0 bridgehead atoms. The molecule has 0 atom stereocenters. The summed E-state index contributed by atoms with van der Waals surface area (Å²) in [4.78, 5) is 38.3. The van der Waals surface area contributed by atoms with Gasteiger partial charge in [-0.2, -0.15) is 0 Å². The number of rotatable bonds is 5. The Labute approximate surface area is 204 Å². The molecule has 0 aromatic carbocycles. The van der Waals surface area contributed by atoms with Crippen LogP contribution in [-0.2, 0) is 18.9 Å². The maximum Gasteiger partial charge on any atom is 1.00 e. The molecule has 0 rings (SSSR count). The van der Waals surface area contributed by atoms with Gasteiger partial charge < -0.3 is 39.7 Å². The standard InChI is InChI=1S/C6H8O7.4Na.HO2P/c7-3(8)1-6(13,5(11)12)2-4(9)10;;;;;1-3-2/h13H,1-2H2,(H,7,8)(H,9,10)(H,11,12);;;;;(H,1,2)/q;4*+1;/p-4. The molecule has 20 heavy (non-hydrogen) atoms. The molecular formula is C6H5Na4O9P. The molecule has 0 saturated heterocycles. The van der Waals surface area contributed by atoms with Gasteiger partial charge in [-0.15, -0.1) is 0 Å². The van der Waals surface area contributed by atoms with E-state index >= 15 is 0 Å². The fourth-order valence-corrected chi connectivity index (χ4v) is 0.684. The maximum absolute atomic E-state index is 10.1. The molecule has 0 aliphatic heterocycles. The van der Waals surface area contributed by atoms with Crippen molar-refractivity contribution in [3.05, 3.63) is 0 Å². The summed E-state index contributed by atoms with van der Waals surface area (Å²) < 4.78 is 8.35. The summed E-state index contributed by atoms with van der Waals surface area (Å²) in [5.41, 5.74) is -2.97. The number of carboxylic acid groups (broad SMARTS) is 3. The molecule has 0 fully saturated rings. The van der Waals surface area contributed by atoms with E-state index < -0.39 is 45.0 Å². The van der Waals surface area contributed by atoms with Gasteiger partial charge in [0.15, 0.2) is 0 Å². The maximum atomic E-state index is 10.1. The molecule has 0 saturated carbocycles. The van der Waals surface area contributed by atoms with Gasteiger partial charge in [0.05, 0.1) is 14.7 Å². The third kappa shape index (κ3) is 22.7. The summed E-state index contributed by atoms with van der Waals surface area (Å²) in [6, 6.07) is 0. The number of aliphatic carboxylic acids is 3. The van der Waals surface area contributed by atoms with E-state index in [4.69, 9.17) is 14.6 Å². The minimum absolute atomic E-state index is 0. The first kappa shape index (κ1) is 38.2. The molecule has 0 unspecified atom stereocenters. The molecule has 9 nitrogen and oxygen atoms in total. The van der Waals surface area contributed by atoms with Crippen molar-refractivity contribution in [3.8, 4) is 0 Å². The van der Waals surface area contributed by atoms with E-state index in [9.17, 15) is 29.7 Å². The van der Waals surface area contributed by atoms with Crippen molar-refractivity contribution in [2.75, 3.05) is 0 Å². The van der Waals surface area contributed by atoms with Gasteiger partial charge in [0, 0.05) is 24.8 Å². The molecule has 0 radical (unpaired) electrons. The van der Waals surface area contributed by atoms with Crippen LogP contribution in [0.15, 0.2) is 0 Å². The van der Waals surface area contributed by atoms with Gasteiger partial charge in [-0.25, -0.2) is 0 Å². The van der Waals surface area contributed by atoms with Crippen molar-refractivity contribution >= 4 is 26.6 Å². The summed E-state index contributed by atoms with van der Waals surface area (Å²) in [5.74, 6) is -5.98. The number of aliphatic hydroxyl groups is 1. The normalized spacial score (nSPS) is 8.10. The Morgan fingerprint density at radius 1 is 0.900 bits per heavy atom. The average molecular weight is 344 g/mol. The van der Waals surface area contributed by atoms with E-state index in [2.05, 4.69) is 0 Å². The van der Waals surface area contributed by atoms with Crippen LogP contribution in [0.2, 0.25) is 0 Å². The summed E-state index contributed by atoms with van der Waals surface area (Å²) in [6.07, 6.45) is -2.72. The summed E-state index contributed by atoms with van der Waals surface area (Å²) in [6.45, 7) is 0. The SMILES string of the molecule is O=C([O-])CC(O)(CC(=O)[O-])C(=O)[O-].O=P[O-].[Na+].[Na+].[Na+].[Na+]. The molecule has 14 heteroatoms. The van der Waals surface area contributed by atoms with Crippen LogP contribution >= 0.6 is 8.69 Å². The van der Waals surface area contributed by atoms with Gasteiger partial charge in [0.25, 0.3) is 0 Å². The monoisotopic (exact) mass is 344 g/mol. The molecular weight excluding hydrogens is 339 g/mol. The second-order valence-corrected chi connectivity index (χ2v) is 2.64. The van der Waals surface area contributed by atoms with Crippen LogP contribution < -0.4 is 138 Å². The van der Waals surface area contributed by atoms with E-state index in [0.717, 1.165) is 0 Å². The van der Waals surface area contributed by atoms with Crippen molar-refractivity contribution in [1.82, 2.24) is 0 Å². The zero-order chi connectivity index (χ0) is 13.4. The predicted molar refractivity (Wildman–Crippen MR) is 36.8 cm³/mol. The third-order valence-corrected chi connectivity index (χ3v) is 1.25. The van der Waals surface area contributed by atoms with Crippen molar-refractivity contribution < 1.29 is 162 Å². The van der Waals surface area contributed by atoms with E-state index in [1.165, 1.54) is 0 Å². The van der Waals surface area contributed by atoms with E-state index in [1.54, 1.807) is 0 Å². The van der Waals surface area contributed by atoms with Gasteiger partial charge in [0.1, 0.15) is 5.60 Å². The van der Waals surface area contributed by atoms with E-state index in [-0.39, 0.29) is 118 Å². The number of carboxylic acids is 3. The number of carbonyl (C=O) groups is 3. The summed E-state index contributed by atoms with van der Waals surface area (Å²) in [7, 11) is -1.08. The Hall–Kier alpha value is 2.43. The van der Waals surface area contributed by atoms with Crippen LogP contribution in [0.4, 0.5) is 0 Å². The van der Waals surface area contributed by atoms with Crippen molar-refractivity contribution in [3.63, 3.8) is 0 Å². The Balaban J connectivity index is -0.0000000641. The zero-order valence-electron chi connectivity index (χ0n) is 11.6. The molecule has 1 N–H and O–H groups in total. The van der Waals surface area contributed by atoms with Gasteiger partial charge in [-0.05, 0) is 0 Å². The van der Waals surface area contributed by atoms with Crippen LogP contribution in [0.25, 0.3) is 0 Å². The van der Waals surface area contributed by atoms with Gasteiger partial charge in [-0.1, -0.05) is 0 Å². The zero-order valence-corrected chi connectivity index (χ0v) is 20.5. The van der Waals surface area contributed by atoms with Gasteiger partial charge >= 0.3 is 118 Å². The topological polar surface area (TPSA) is 181 Å². The Bertz CT molecular complexity index is 284. The largest absolute Gasteiger partial charge is 1.00 e. The first-order chi connectivity index (χ1) is 7.19. The number of hydrogen-bond donors (Lipinski definition) is 1. The van der Waals surface area contributed by atoms with Crippen LogP contribution in [0, 0.1) is 0 Å². The molecule has 0 aromatic rings. The number of hydrogen-bond acceptors (Lipinski definition) is 9. The van der Waals surface area contributed by atoms with E-state index in [0.29, 0.717) is 0 Å². The molecule has 0 amide bonds. The minimum Gasteiger partial charge on any atom is -0.772 e. The van der Waals surface area contributed by atoms with Crippen LogP contribution in [0.1, 0.15) is 12.8 Å².